The molecule has 1 aromatic carbocycles. The number of aliphatic hydroxyl groups excluding tert-OH is 1. The topological polar surface area (TPSA) is 61.4 Å². The minimum Gasteiger partial charge on any atom is -0.387 e. The van der Waals surface area contributed by atoms with Crippen molar-refractivity contribution in [2.24, 2.45) is 0 Å². The van der Waals surface area contributed by atoms with Crippen LogP contribution in [0, 0.1) is 0 Å². The van der Waals surface area contributed by atoms with E-state index in [-0.39, 0.29) is 12.6 Å². The van der Waals surface area contributed by atoms with Gasteiger partial charge in [0.1, 0.15) is 0 Å². The fraction of sp³-hybridized carbons (Fsp3) is 0.533. The molecular weight excluding hydrogens is 240 g/mol. The van der Waals surface area contributed by atoms with Gasteiger partial charge in [0.05, 0.1) is 6.10 Å². The number of aliphatic hydroxyl groups is 1. The summed E-state index contributed by atoms with van der Waals surface area (Å²) in [5.41, 5.74) is 0.820. The molecule has 1 saturated carbocycles. The lowest BCUT2D eigenvalue weighted by Gasteiger charge is -2.23. The van der Waals surface area contributed by atoms with Crippen molar-refractivity contribution in [3.63, 3.8) is 0 Å². The van der Waals surface area contributed by atoms with E-state index in [9.17, 15) is 9.90 Å². The number of rotatable bonds is 4. The van der Waals surface area contributed by atoms with E-state index in [4.69, 9.17) is 0 Å². The molecule has 0 aliphatic heterocycles. The van der Waals surface area contributed by atoms with Crippen LogP contribution in [0.4, 0.5) is 4.79 Å². The predicted molar refractivity (Wildman–Crippen MR) is 74.8 cm³/mol. The lowest BCUT2D eigenvalue weighted by atomic mass is 9.96. The molecule has 3 N–H and O–H groups in total. The summed E-state index contributed by atoms with van der Waals surface area (Å²) in [7, 11) is 0. The Kier molecular flexibility index (Phi) is 5.21. The number of carbonyl (C=O) groups excluding carboxylic acids is 1. The molecule has 2 amide bonds. The molecule has 2 rings (SSSR count). The van der Waals surface area contributed by atoms with E-state index < -0.39 is 6.10 Å². The third-order valence-electron chi connectivity index (χ3n) is 3.58. The molecule has 0 radical (unpaired) electrons. The van der Waals surface area contributed by atoms with Gasteiger partial charge in [-0.15, -0.1) is 0 Å². The first-order valence-electron chi connectivity index (χ1n) is 7.03. The van der Waals surface area contributed by atoms with Gasteiger partial charge in [0.15, 0.2) is 0 Å². The Morgan fingerprint density at radius 3 is 2.58 bits per heavy atom. The van der Waals surface area contributed by atoms with Crippen molar-refractivity contribution in [1.82, 2.24) is 10.6 Å². The molecule has 1 aromatic rings. The second-order valence-corrected chi connectivity index (χ2v) is 5.12. The van der Waals surface area contributed by atoms with Crippen molar-refractivity contribution in [2.45, 2.75) is 44.2 Å². The van der Waals surface area contributed by atoms with E-state index in [1.54, 1.807) is 0 Å². The third-order valence-corrected chi connectivity index (χ3v) is 3.58. The summed E-state index contributed by atoms with van der Waals surface area (Å²) in [4.78, 5) is 11.7. The maximum atomic E-state index is 11.7. The minimum atomic E-state index is -0.654. The van der Waals surface area contributed by atoms with Gasteiger partial charge in [-0.3, -0.25) is 0 Å². The van der Waals surface area contributed by atoms with Crippen molar-refractivity contribution in [1.29, 1.82) is 0 Å². The number of benzene rings is 1. The molecule has 4 heteroatoms. The number of urea groups is 1. The van der Waals surface area contributed by atoms with Gasteiger partial charge in [-0.1, -0.05) is 49.6 Å². The van der Waals surface area contributed by atoms with E-state index in [1.165, 1.54) is 19.3 Å². The van der Waals surface area contributed by atoms with Gasteiger partial charge in [-0.05, 0) is 18.4 Å². The van der Waals surface area contributed by atoms with Crippen LogP contribution in [0.3, 0.4) is 0 Å². The highest BCUT2D eigenvalue weighted by atomic mass is 16.3. The SMILES string of the molecule is O=C(NCC(O)c1ccccc1)NC1CCCCC1. The third kappa shape index (κ3) is 4.56. The normalized spacial score (nSPS) is 17.7. The second-order valence-electron chi connectivity index (χ2n) is 5.12. The summed E-state index contributed by atoms with van der Waals surface area (Å²) in [5, 5.41) is 15.6. The van der Waals surface area contributed by atoms with Crippen molar-refractivity contribution in [3.05, 3.63) is 35.9 Å². The Hall–Kier alpha value is -1.55. The van der Waals surface area contributed by atoms with Crippen LogP contribution in [0.5, 0.6) is 0 Å². The van der Waals surface area contributed by atoms with Crippen LogP contribution in [-0.2, 0) is 0 Å². The van der Waals surface area contributed by atoms with Gasteiger partial charge in [-0.25, -0.2) is 4.79 Å². The van der Waals surface area contributed by atoms with Crippen molar-refractivity contribution in [2.75, 3.05) is 6.54 Å². The Morgan fingerprint density at radius 2 is 1.89 bits per heavy atom. The fourth-order valence-corrected chi connectivity index (χ4v) is 2.47. The van der Waals surface area contributed by atoms with Crippen LogP contribution in [0.2, 0.25) is 0 Å². The number of nitrogens with one attached hydrogen (secondary N) is 2. The van der Waals surface area contributed by atoms with Crippen LogP contribution < -0.4 is 10.6 Å². The second kappa shape index (κ2) is 7.14. The van der Waals surface area contributed by atoms with Crippen molar-refractivity contribution < 1.29 is 9.90 Å². The molecule has 0 heterocycles. The summed E-state index contributed by atoms with van der Waals surface area (Å²) in [6.07, 6.45) is 5.13. The molecule has 104 valence electrons. The van der Waals surface area contributed by atoms with Crippen LogP contribution in [0.15, 0.2) is 30.3 Å². The summed E-state index contributed by atoms with van der Waals surface area (Å²) in [6.45, 7) is 0.239. The zero-order valence-electron chi connectivity index (χ0n) is 11.1. The monoisotopic (exact) mass is 262 g/mol. The highest BCUT2D eigenvalue weighted by Crippen LogP contribution is 2.17. The Labute approximate surface area is 114 Å². The zero-order valence-corrected chi connectivity index (χ0v) is 11.1. The predicted octanol–water partition coefficient (Wildman–Crippen LogP) is 2.35. The summed E-state index contributed by atoms with van der Waals surface area (Å²) < 4.78 is 0. The lowest BCUT2D eigenvalue weighted by molar-refractivity contribution is 0.172. The molecule has 0 saturated heterocycles. The van der Waals surface area contributed by atoms with Crippen LogP contribution in [-0.4, -0.2) is 23.7 Å². The van der Waals surface area contributed by atoms with E-state index in [0.717, 1.165) is 18.4 Å². The summed E-state index contributed by atoms with van der Waals surface area (Å²) in [5.74, 6) is 0. The van der Waals surface area contributed by atoms with Crippen LogP contribution >= 0.6 is 0 Å². The molecule has 4 nitrogen and oxygen atoms in total. The van der Waals surface area contributed by atoms with Gasteiger partial charge in [0.25, 0.3) is 0 Å². The van der Waals surface area contributed by atoms with E-state index in [1.807, 2.05) is 30.3 Å². The smallest absolute Gasteiger partial charge is 0.315 e. The Balaban J connectivity index is 1.71. The average Bonchev–Trinajstić information content (AvgIpc) is 2.47. The van der Waals surface area contributed by atoms with E-state index in [2.05, 4.69) is 10.6 Å². The van der Waals surface area contributed by atoms with Gasteiger partial charge in [0.2, 0.25) is 0 Å². The number of hydrogen-bond acceptors (Lipinski definition) is 2. The van der Waals surface area contributed by atoms with E-state index >= 15 is 0 Å². The highest BCUT2D eigenvalue weighted by molar-refractivity contribution is 5.74. The van der Waals surface area contributed by atoms with Crippen molar-refractivity contribution >= 4 is 6.03 Å². The molecule has 1 fully saturated rings. The molecule has 0 aromatic heterocycles. The minimum absolute atomic E-state index is 0.179. The van der Waals surface area contributed by atoms with E-state index in [0.29, 0.717) is 6.04 Å². The first-order valence-corrected chi connectivity index (χ1v) is 7.03. The number of amides is 2. The largest absolute Gasteiger partial charge is 0.387 e. The Bertz CT molecular complexity index is 388. The maximum Gasteiger partial charge on any atom is 0.315 e. The standard InChI is InChI=1S/C15H22N2O2/c18-14(12-7-3-1-4-8-12)11-16-15(19)17-13-9-5-2-6-10-13/h1,3-4,7-8,13-14,18H,2,5-6,9-11H2,(H2,16,17,19). The molecule has 19 heavy (non-hydrogen) atoms. The average molecular weight is 262 g/mol. The quantitative estimate of drug-likeness (QED) is 0.780. The fourth-order valence-electron chi connectivity index (χ4n) is 2.47. The molecule has 0 spiro atoms. The van der Waals surface area contributed by atoms with Crippen molar-refractivity contribution in [3.8, 4) is 0 Å². The van der Waals surface area contributed by atoms with Crippen LogP contribution in [0.25, 0.3) is 0 Å². The number of hydrogen-bond donors (Lipinski definition) is 3. The number of carbonyl (C=O) groups is 1. The first-order chi connectivity index (χ1) is 9.25. The highest BCUT2D eigenvalue weighted by Gasteiger charge is 2.16. The molecule has 1 atom stereocenters. The lowest BCUT2D eigenvalue weighted by Crippen LogP contribution is -2.44. The summed E-state index contributed by atoms with van der Waals surface area (Å²) >= 11 is 0. The van der Waals surface area contributed by atoms with Crippen LogP contribution in [0.1, 0.15) is 43.8 Å². The van der Waals surface area contributed by atoms with Gasteiger partial charge in [0, 0.05) is 12.6 Å². The summed E-state index contributed by atoms with van der Waals surface area (Å²) in [6, 6.07) is 9.47. The molecule has 1 aliphatic carbocycles. The zero-order chi connectivity index (χ0) is 13.5. The molecular formula is C15H22N2O2. The van der Waals surface area contributed by atoms with Gasteiger partial charge >= 0.3 is 6.03 Å². The van der Waals surface area contributed by atoms with Gasteiger partial charge < -0.3 is 15.7 Å². The Morgan fingerprint density at radius 1 is 1.21 bits per heavy atom. The maximum absolute atomic E-state index is 11.7. The molecule has 0 bridgehead atoms. The van der Waals surface area contributed by atoms with Gasteiger partial charge in [-0.2, -0.15) is 0 Å². The molecule has 1 aliphatic rings. The molecule has 1 unspecified atom stereocenters. The first kappa shape index (κ1) is 13.9.